The lowest BCUT2D eigenvalue weighted by atomic mass is 9.44. The molecule has 1 saturated heterocycles. The lowest BCUT2D eigenvalue weighted by Gasteiger charge is -2.64. The van der Waals surface area contributed by atoms with E-state index in [1.165, 1.54) is 20.8 Å². The number of esters is 5. The molecule has 0 aromatic heterocycles. The van der Waals surface area contributed by atoms with Crippen molar-refractivity contribution in [1.29, 1.82) is 0 Å². The first-order valence-electron chi connectivity index (χ1n) is 14.2. The number of ketones is 1. The van der Waals surface area contributed by atoms with Crippen molar-refractivity contribution in [3.05, 3.63) is 12.2 Å². The monoisotopic (exact) mass is 608 g/mol. The first kappa shape index (κ1) is 32.6. The van der Waals surface area contributed by atoms with Crippen molar-refractivity contribution < 1.29 is 62.3 Å². The summed E-state index contributed by atoms with van der Waals surface area (Å²) in [5, 5.41) is 12.9. The van der Waals surface area contributed by atoms with E-state index in [4.69, 9.17) is 28.4 Å². The van der Waals surface area contributed by atoms with Crippen LogP contribution in [-0.4, -0.2) is 89.1 Å². The van der Waals surface area contributed by atoms with Crippen LogP contribution in [0.3, 0.4) is 0 Å². The number of carbonyl (C=O) groups excluding carboxylic acids is 6. The van der Waals surface area contributed by atoms with Gasteiger partial charge < -0.3 is 33.5 Å². The predicted octanol–water partition coefficient (Wildman–Crippen LogP) is 1.36. The maximum Gasteiger partial charge on any atom is 0.303 e. The van der Waals surface area contributed by atoms with E-state index >= 15 is 0 Å². The molecule has 4 rings (SSSR count). The summed E-state index contributed by atoms with van der Waals surface area (Å²) < 4.78 is 35.2. The number of ether oxygens (including phenoxy) is 6. The molecule has 0 radical (unpaired) electrons. The molecule has 238 valence electrons. The van der Waals surface area contributed by atoms with Gasteiger partial charge in [0.1, 0.15) is 23.9 Å². The van der Waals surface area contributed by atoms with E-state index in [-0.39, 0.29) is 25.0 Å². The van der Waals surface area contributed by atoms with Crippen LogP contribution < -0.4 is 0 Å². The van der Waals surface area contributed by atoms with E-state index in [1.807, 2.05) is 0 Å². The third-order valence-corrected chi connectivity index (χ3v) is 10.1. The van der Waals surface area contributed by atoms with Crippen LogP contribution in [0.2, 0.25) is 0 Å². The molecular weight excluding hydrogens is 568 g/mol. The number of rotatable bonds is 5. The van der Waals surface area contributed by atoms with Crippen LogP contribution in [0, 0.1) is 22.7 Å². The Morgan fingerprint density at radius 1 is 0.814 bits per heavy atom. The molecule has 0 amide bonds. The minimum Gasteiger partial charge on any atom is -0.462 e. The van der Waals surface area contributed by atoms with Crippen molar-refractivity contribution in [2.45, 2.75) is 110 Å². The van der Waals surface area contributed by atoms with E-state index in [1.54, 1.807) is 13.8 Å². The van der Waals surface area contributed by atoms with Gasteiger partial charge in [-0.05, 0) is 12.5 Å². The summed E-state index contributed by atoms with van der Waals surface area (Å²) >= 11 is 0. The summed E-state index contributed by atoms with van der Waals surface area (Å²) in [6, 6.07) is 0. The minimum absolute atomic E-state index is 0.143. The molecule has 11 atom stereocenters. The molecule has 13 heteroatoms. The highest BCUT2D eigenvalue weighted by molar-refractivity contribution is 5.91. The number of fused-ring (bicyclic) bond motifs is 1. The second-order valence-corrected chi connectivity index (χ2v) is 12.7. The van der Waals surface area contributed by atoms with Gasteiger partial charge >= 0.3 is 29.8 Å². The highest BCUT2D eigenvalue weighted by atomic mass is 16.6. The lowest BCUT2D eigenvalue weighted by Crippen LogP contribution is -2.80. The van der Waals surface area contributed by atoms with E-state index in [0.29, 0.717) is 0 Å². The van der Waals surface area contributed by atoms with Gasteiger partial charge in [0.15, 0.2) is 23.6 Å². The van der Waals surface area contributed by atoms with E-state index in [9.17, 15) is 33.9 Å². The summed E-state index contributed by atoms with van der Waals surface area (Å²) in [5.74, 6) is -6.45. The average Bonchev–Trinajstić information content (AvgIpc) is 3.01. The molecule has 3 saturated carbocycles. The van der Waals surface area contributed by atoms with Crippen LogP contribution >= 0.6 is 0 Å². The number of hydrogen-bond donors (Lipinski definition) is 1. The van der Waals surface area contributed by atoms with Gasteiger partial charge in [0.2, 0.25) is 0 Å². The first-order valence-corrected chi connectivity index (χ1v) is 14.2. The molecule has 1 heterocycles. The molecule has 3 aliphatic carbocycles. The Balaban J connectivity index is 2.15. The zero-order chi connectivity index (χ0) is 32.4. The molecule has 43 heavy (non-hydrogen) atoms. The average molecular weight is 609 g/mol. The lowest BCUT2D eigenvalue weighted by molar-refractivity contribution is -0.295. The normalized spacial score (nSPS) is 43.3. The third kappa shape index (κ3) is 4.66. The van der Waals surface area contributed by atoms with Gasteiger partial charge in [0, 0.05) is 64.7 Å². The van der Waals surface area contributed by atoms with Crippen molar-refractivity contribution in [3.63, 3.8) is 0 Å². The highest BCUT2D eigenvalue weighted by Crippen LogP contribution is 2.67. The molecule has 0 aromatic carbocycles. The number of hydrogen-bond acceptors (Lipinski definition) is 13. The van der Waals surface area contributed by atoms with Crippen LogP contribution in [0.25, 0.3) is 0 Å². The number of aliphatic hydroxyl groups is 1. The summed E-state index contributed by atoms with van der Waals surface area (Å²) in [7, 11) is 0. The SMILES string of the molecule is C=C1[C@@H](OC(C)=O)C[C@H](OC(C)=O)[C@@]2(C)[C@@H](OC(C)=O)[C@H](OC(C)=O)[C@]3(O)C4(C)CO[C@]3(C)C(=O)C[C@H]4[C@@H](OC(C)=O)[C@H]12. The number of Topliss-reactive ketones (excluding diaryl/α,β-unsaturated/α-hetero) is 1. The summed E-state index contributed by atoms with van der Waals surface area (Å²) in [6.45, 7) is 14.4. The van der Waals surface area contributed by atoms with Gasteiger partial charge in [-0.2, -0.15) is 0 Å². The first-order chi connectivity index (χ1) is 19.7. The second kappa shape index (κ2) is 10.7. The van der Waals surface area contributed by atoms with E-state index < -0.39 is 100 Å². The molecule has 0 aromatic rings. The van der Waals surface area contributed by atoms with E-state index in [0.717, 1.165) is 20.8 Å². The molecule has 0 spiro atoms. The van der Waals surface area contributed by atoms with E-state index in [2.05, 4.69) is 6.58 Å². The fraction of sp³-hybridized carbons (Fsp3) is 0.733. The van der Waals surface area contributed by atoms with Gasteiger partial charge in [-0.1, -0.05) is 20.4 Å². The van der Waals surface area contributed by atoms with Crippen molar-refractivity contribution in [2.75, 3.05) is 6.61 Å². The molecule has 4 fully saturated rings. The molecular formula is C30H40O13. The van der Waals surface area contributed by atoms with Gasteiger partial charge in [0.25, 0.3) is 0 Å². The zero-order valence-corrected chi connectivity index (χ0v) is 25.7. The van der Waals surface area contributed by atoms with Crippen LogP contribution in [-0.2, 0) is 57.2 Å². The highest BCUT2D eigenvalue weighted by Gasteiger charge is 2.82. The topological polar surface area (TPSA) is 178 Å². The Bertz CT molecular complexity index is 1270. The third-order valence-electron chi connectivity index (χ3n) is 10.1. The molecule has 1 aliphatic heterocycles. The van der Waals surface area contributed by atoms with Gasteiger partial charge in [-0.3, -0.25) is 28.8 Å². The molecule has 4 aliphatic rings. The molecule has 1 N–H and O–H groups in total. The van der Waals surface area contributed by atoms with Crippen LogP contribution in [0.1, 0.15) is 68.2 Å². The summed E-state index contributed by atoms with van der Waals surface area (Å²) in [6.07, 6.45) is -7.23. The van der Waals surface area contributed by atoms with Gasteiger partial charge in [-0.15, -0.1) is 0 Å². The van der Waals surface area contributed by atoms with Crippen molar-refractivity contribution in [2.24, 2.45) is 22.7 Å². The molecule has 4 bridgehead atoms. The second-order valence-electron chi connectivity index (χ2n) is 12.7. The predicted molar refractivity (Wildman–Crippen MR) is 144 cm³/mol. The van der Waals surface area contributed by atoms with Crippen molar-refractivity contribution in [1.82, 2.24) is 0 Å². The van der Waals surface area contributed by atoms with Crippen molar-refractivity contribution in [3.8, 4) is 0 Å². The zero-order valence-electron chi connectivity index (χ0n) is 25.7. The maximum absolute atomic E-state index is 13.9. The Labute approximate surface area is 249 Å². The standard InChI is InChI=1S/C30H40O13/c1-13-20(39-14(2)31)11-22(40-15(3)32)28(8)23(13)24(41-16(4)33)19-10-21(36)29(9)30(37,27(19,7)12-38-29)26(43-18(6)35)25(28)42-17(5)34/h19-20,22-26,37H,1,10-12H2,2-9H3/t19-,20-,22-,23-,24+,25-,26-,27?,28+,29+,30-/m0/s1. The largest absolute Gasteiger partial charge is 0.462 e. The Kier molecular flexibility index (Phi) is 8.10. The fourth-order valence-electron chi connectivity index (χ4n) is 8.27. The maximum atomic E-state index is 13.9. The minimum atomic E-state index is -2.33. The summed E-state index contributed by atoms with van der Waals surface area (Å²) in [4.78, 5) is 76.8. The van der Waals surface area contributed by atoms with Crippen LogP contribution in [0.4, 0.5) is 0 Å². The fourth-order valence-corrected chi connectivity index (χ4v) is 8.27. The van der Waals surface area contributed by atoms with Crippen LogP contribution in [0.5, 0.6) is 0 Å². The van der Waals surface area contributed by atoms with Crippen molar-refractivity contribution >= 4 is 35.6 Å². The number of carbonyl (C=O) groups is 6. The quantitative estimate of drug-likeness (QED) is 0.269. The van der Waals surface area contributed by atoms with Gasteiger partial charge in [-0.25, -0.2) is 0 Å². The smallest absolute Gasteiger partial charge is 0.303 e. The Morgan fingerprint density at radius 3 is 1.84 bits per heavy atom. The Hall–Kier alpha value is -3.32. The Morgan fingerprint density at radius 2 is 1.33 bits per heavy atom. The molecule has 1 unspecified atom stereocenters. The summed E-state index contributed by atoms with van der Waals surface area (Å²) in [5.41, 5.74) is -7.08. The molecule has 13 nitrogen and oxygen atoms in total. The van der Waals surface area contributed by atoms with Crippen LogP contribution in [0.15, 0.2) is 12.2 Å². The van der Waals surface area contributed by atoms with Gasteiger partial charge in [0.05, 0.1) is 12.0 Å².